The van der Waals surface area contributed by atoms with Gasteiger partial charge in [0.2, 0.25) is 0 Å². The van der Waals surface area contributed by atoms with Crippen LogP contribution in [0, 0.1) is 0 Å². The maximum absolute atomic E-state index is 12.9. The number of carbonyl (C=O) groups is 1. The molecule has 146 valence electrons. The van der Waals surface area contributed by atoms with Gasteiger partial charge in [0.1, 0.15) is 0 Å². The second kappa shape index (κ2) is 8.54. The van der Waals surface area contributed by atoms with E-state index < -0.39 is 0 Å². The largest absolute Gasteiger partial charge is 0.378 e. The van der Waals surface area contributed by atoms with Gasteiger partial charge in [-0.15, -0.1) is 0 Å². The molecule has 2 aromatic rings. The van der Waals surface area contributed by atoms with Gasteiger partial charge in [0.05, 0.1) is 32.5 Å². The standard InChI is InChI=1S/C22H26N4O2/c1-25(22(27)19-4-5-20-16-23-9-8-18(20)14-19)21-6-2-17(3-7-21)15-24-26-10-12-28-13-11-26/h2-7,14-15,23H,8-13,16H2,1H3. The molecule has 0 unspecified atom stereocenters. The normalized spacial score (nSPS) is 16.8. The summed E-state index contributed by atoms with van der Waals surface area (Å²) in [5.74, 6) is 0.0102. The van der Waals surface area contributed by atoms with Crippen LogP contribution in [0.2, 0.25) is 0 Å². The summed E-state index contributed by atoms with van der Waals surface area (Å²) in [6, 6.07) is 13.9. The number of anilines is 1. The summed E-state index contributed by atoms with van der Waals surface area (Å²) < 4.78 is 5.33. The average Bonchev–Trinajstić information content (AvgIpc) is 2.77. The van der Waals surface area contributed by atoms with Crippen molar-refractivity contribution in [2.24, 2.45) is 5.10 Å². The topological polar surface area (TPSA) is 57.2 Å². The van der Waals surface area contributed by atoms with Gasteiger partial charge in [-0.3, -0.25) is 9.80 Å². The van der Waals surface area contributed by atoms with Crippen LogP contribution in [-0.2, 0) is 17.7 Å². The quantitative estimate of drug-likeness (QED) is 0.830. The van der Waals surface area contributed by atoms with Crippen molar-refractivity contribution in [1.82, 2.24) is 10.3 Å². The first kappa shape index (κ1) is 18.7. The lowest BCUT2D eigenvalue weighted by atomic mass is 9.98. The molecule has 2 aliphatic rings. The smallest absolute Gasteiger partial charge is 0.258 e. The van der Waals surface area contributed by atoms with Gasteiger partial charge in [0.25, 0.3) is 5.91 Å². The molecule has 2 heterocycles. The van der Waals surface area contributed by atoms with Crippen LogP contribution in [0.3, 0.4) is 0 Å². The van der Waals surface area contributed by atoms with E-state index in [1.807, 2.05) is 54.7 Å². The summed E-state index contributed by atoms with van der Waals surface area (Å²) in [7, 11) is 1.82. The molecule has 6 nitrogen and oxygen atoms in total. The van der Waals surface area contributed by atoms with Gasteiger partial charge < -0.3 is 15.0 Å². The molecule has 2 aliphatic heterocycles. The average molecular weight is 378 g/mol. The van der Waals surface area contributed by atoms with Crippen LogP contribution in [0.25, 0.3) is 0 Å². The number of morpholine rings is 1. The molecule has 0 bridgehead atoms. The molecule has 2 aromatic carbocycles. The fourth-order valence-electron chi connectivity index (χ4n) is 3.52. The van der Waals surface area contributed by atoms with Crippen LogP contribution >= 0.6 is 0 Å². The summed E-state index contributed by atoms with van der Waals surface area (Å²) in [6.45, 7) is 4.94. The van der Waals surface area contributed by atoms with Crippen LogP contribution in [0.15, 0.2) is 47.6 Å². The van der Waals surface area contributed by atoms with Crippen molar-refractivity contribution in [3.05, 3.63) is 64.7 Å². The SMILES string of the molecule is CN(C(=O)c1ccc2c(c1)CCNC2)c1ccc(C=NN2CCOCC2)cc1. The van der Waals surface area contributed by atoms with Crippen molar-refractivity contribution in [3.8, 4) is 0 Å². The second-order valence-corrected chi connectivity index (χ2v) is 7.18. The summed E-state index contributed by atoms with van der Waals surface area (Å²) >= 11 is 0. The van der Waals surface area contributed by atoms with Gasteiger partial charge in [0, 0.05) is 24.8 Å². The minimum atomic E-state index is 0.0102. The monoisotopic (exact) mass is 378 g/mol. The minimum Gasteiger partial charge on any atom is -0.378 e. The Kier molecular flexibility index (Phi) is 5.69. The fraction of sp³-hybridized carbons (Fsp3) is 0.364. The molecular formula is C22H26N4O2. The lowest BCUT2D eigenvalue weighted by molar-refractivity contribution is 0.0397. The third-order valence-electron chi connectivity index (χ3n) is 5.28. The summed E-state index contributed by atoms with van der Waals surface area (Å²) in [6.07, 6.45) is 2.83. The van der Waals surface area contributed by atoms with E-state index in [0.29, 0.717) is 0 Å². The zero-order valence-corrected chi connectivity index (χ0v) is 16.2. The molecule has 0 spiro atoms. The van der Waals surface area contributed by atoms with Gasteiger partial charge >= 0.3 is 0 Å². The molecule has 0 aliphatic carbocycles. The Balaban J connectivity index is 1.43. The Bertz CT molecular complexity index is 857. The van der Waals surface area contributed by atoms with Gasteiger partial charge in [-0.05, 0) is 53.9 Å². The van der Waals surface area contributed by atoms with E-state index in [4.69, 9.17) is 4.74 Å². The van der Waals surface area contributed by atoms with Crippen LogP contribution < -0.4 is 10.2 Å². The highest BCUT2D eigenvalue weighted by atomic mass is 16.5. The van der Waals surface area contributed by atoms with Crippen molar-refractivity contribution in [2.75, 3.05) is 44.8 Å². The first-order valence-electron chi connectivity index (χ1n) is 9.78. The second-order valence-electron chi connectivity index (χ2n) is 7.18. The van der Waals surface area contributed by atoms with Crippen molar-refractivity contribution in [2.45, 2.75) is 13.0 Å². The number of fused-ring (bicyclic) bond motifs is 1. The maximum atomic E-state index is 12.9. The van der Waals surface area contributed by atoms with Crippen molar-refractivity contribution < 1.29 is 9.53 Å². The molecule has 6 heteroatoms. The first-order valence-corrected chi connectivity index (χ1v) is 9.78. The predicted molar refractivity (Wildman–Crippen MR) is 111 cm³/mol. The van der Waals surface area contributed by atoms with E-state index in [1.54, 1.807) is 4.90 Å². The zero-order chi connectivity index (χ0) is 19.3. The molecule has 0 saturated carbocycles. The molecule has 4 rings (SSSR count). The number of amides is 1. The number of nitrogens with zero attached hydrogens (tertiary/aromatic N) is 3. The summed E-state index contributed by atoms with van der Waals surface area (Å²) in [5, 5.41) is 9.87. The van der Waals surface area contributed by atoms with Gasteiger partial charge in [0.15, 0.2) is 0 Å². The molecule has 28 heavy (non-hydrogen) atoms. The molecule has 0 aromatic heterocycles. The van der Waals surface area contributed by atoms with Crippen LogP contribution in [0.4, 0.5) is 5.69 Å². The number of nitrogens with one attached hydrogen (secondary N) is 1. The number of carbonyl (C=O) groups excluding carboxylic acids is 1. The number of hydrogen-bond donors (Lipinski definition) is 1. The summed E-state index contributed by atoms with van der Waals surface area (Å²) in [4.78, 5) is 14.6. The lowest BCUT2D eigenvalue weighted by Gasteiger charge is -2.23. The Morgan fingerprint density at radius 3 is 2.71 bits per heavy atom. The Morgan fingerprint density at radius 1 is 1.14 bits per heavy atom. The van der Waals surface area contributed by atoms with Gasteiger partial charge in [-0.2, -0.15) is 5.10 Å². The van der Waals surface area contributed by atoms with E-state index in [9.17, 15) is 4.79 Å². The number of rotatable bonds is 4. The van der Waals surface area contributed by atoms with Crippen LogP contribution in [0.5, 0.6) is 0 Å². The Morgan fingerprint density at radius 2 is 1.93 bits per heavy atom. The van der Waals surface area contributed by atoms with Crippen molar-refractivity contribution >= 4 is 17.8 Å². The van der Waals surface area contributed by atoms with E-state index in [-0.39, 0.29) is 5.91 Å². The van der Waals surface area contributed by atoms with Gasteiger partial charge in [-0.1, -0.05) is 18.2 Å². The van der Waals surface area contributed by atoms with Gasteiger partial charge in [-0.25, -0.2) is 0 Å². The highest BCUT2D eigenvalue weighted by Crippen LogP contribution is 2.20. The number of benzene rings is 2. The van der Waals surface area contributed by atoms with E-state index in [2.05, 4.69) is 16.5 Å². The summed E-state index contributed by atoms with van der Waals surface area (Å²) in [5.41, 5.74) is 5.17. The lowest BCUT2D eigenvalue weighted by Crippen LogP contribution is -2.32. The first-order chi connectivity index (χ1) is 13.7. The fourth-order valence-corrected chi connectivity index (χ4v) is 3.52. The Hall–Kier alpha value is -2.70. The molecule has 1 amide bonds. The molecule has 0 radical (unpaired) electrons. The molecule has 1 saturated heterocycles. The Labute approximate surface area is 165 Å². The number of hydrazone groups is 1. The molecule has 0 atom stereocenters. The third kappa shape index (κ3) is 4.24. The highest BCUT2D eigenvalue weighted by Gasteiger charge is 2.16. The zero-order valence-electron chi connectivity index (χ0n) is 16.2. The minimum absolute atomic E-state index is 0.0102. The predicted octanol–water partition coefficient (Wildman–Crippen LogP) is 2.28. The van der Waals surface area contributed by atoms with E-state index in [1.165, 1.54) is 11.1 Å². The van der Waals surface area contributed by atoms with E-state index >= 15 is 0 Å². The molecule has 1 fully saturated rings. The third-order valence-corrected chi connectivity index (χ3v) is 5.28. The molecule has 1 N–H and O–H groups in total. The number of ether oxygens (including phenoxy) is 1. The maximum Gasteiger partial charge on any atom is 0.258 e. The molecular weight excluding hydrogens is 352 g/mol. The van der Waals surface area contributed by atoms with Crippen LogP contribution in [0.1, 0.15) is 27.0 Å². The highest BCUT2D eigenvalue weighted by molar-refractivity contribution is 6.06. The van der Waals surface area contributed by atoms with Crippen molar-refractivity contribution in [1.29, 1.82) is 0 Å². The van der Waals surface area contributed by atoms with E-state index in [0.717, 1.165) is 62.6 Å². The number of hydrogen-bond acceptors (Lipinski definition) is 5. The van der Waals surface area contributed by atoms with Crippen LogP contribution in [-0.4, -0.2) is 57.0 Å². The van der Waals surface area contributed by atoms with Crippen molar-refractivity contribution in [3.63, 3.8) is 0 Å².